The number of hydrogen-bond acceptors (Lipinski definition) is 6. The number of hydrogen-bond donors (Lipinski definition) is 2. The third kappa shape index (κ3) is 4.64. The van der Waals surface area contributed by atoms with E-state index < -0.39 is 15.9 Å². The number of carbonyl (C=O) groups excluding carboxylic acids is 1. The van der Waals surface area contributed by atoms with Gasteiger partial charge in [-0.2, -0.15) is 4.31 Å². The van der Waals surface area contributed by atoms with Crippen LogP contribution in [-0.2, 0) is 10.0 Å². The molecule has 3 aromatic rings. The number of benzene rings is 2. The van der Waals surface area contributed by atoms with Crippen LogP contribution >= 0.6 is 0 Å². The van der Waals surface area contributed by atoms with E-state index in [2.05, 4.69) is 15.3 Å². The number of aromatic hydroxyl groups is 1. The molecule has 30 heavy (non-hydrogen) atoms. The first-order chi connectivity index (χ1) is 14.2. The zero-order valence-corrected chi connectivity index (χ0v) is 17.6. The summed E-state index contributed by atoms with van der Waals surface area (Å²) < 4.78 is 26.3. The molecule has 0 bridgehead atoms. The van der Waals surface area contributed by atoms with Gasteiger partial charge in [-0.1, -0.05) is 12.1 Å². The van der Waals surface area contributed by atoms with Crippen molar-refractivity contribution in [1.82, 2.24) is 14.3 Å². The minimum atomic E-state index is -3.61. The van der Waals surface area contributed by atoms with Gasteiger partial charge in [-0.15, -0.1) is 0 Å². The minimum Gasteiger partial charge on any atom is -0.508 e. The lowest BCUT2D eigenvalue weighted by atomic mass is 10.2. The van der Waals surface area contributed by atoms with Gasteiger partial charge in [-0.3, -0.25) is 4.79 Å². The van der Waals surface area contributed by atoms with Crippen LogP contribution in [0.15, 0.2) is 65.8 Å². The molecule has 8 nitrogen and oxygen atoms in total. The molecule has 0 fully saturated rings. The van der Waals surface area contributed by atoms with Crippen molar-refractivity contribution >= 4 is 21.6 Å². The minimum absolute atomic E-state index is 0.110. The first-order valence-electron chi connectivity index (χ1n) is 9.19. The van der Waals surface area contributed by atoms with Crippen LogP contribution in [0.3, 0.4) is 0 Å². The van der Waals surface area contributed by atoms with Gasteiger partial charge < -0.3 is 10.4 Å². The Hall–Kier alpha value is -3.30. The standard InChI is InChI=1S/C21H22N4O4S/c1-14(2)25(3)30(28,29)19-9-7-15(8-10-19)21(27)24-17-12-22-20(23-13-17)16-5-4-6-18(26)11-16/h4-14,26H,1-3H3,(H,24,27). The zero-order chi connectivity index (χ0) is 21.9. The Morgan fingerprint density at radius 3 is 2.27 bits per heavy atom. The molecule has 2 aromatic carbocycles. The van der Waals surface area contributed by atoms with E-state index in [1.54, 1.807) is 38.1 Å². The second-order valence-corrected chi connectivity index (χ2v) is 8.94. The van der Waals surface area contributed by atoms with Gasteiger partial charge in [0, 0.05) is 24.2 Å². The summed E-state index contributed by atoms with van der Waals surface area (Å²) in [6.07, 6.45) is 2.92. The van der Waals surface area contributed by atoms with Crippen LogP contribution in [0.2, 0.25) is 0 Å². The van der Waals surface area contributed by atoms with Gasteiger partial charge in [0.1, 0.15) is 5.75 Å². The van der Waals surface area contributed by atoms with E-state index in [1.807, 2.05) is 0 Å². The highest BCUT2D eigenvalue weighted by Gasteiger charge is 2.23. The van der Waals surface area contributed by atoms with Crippen molar-refractivity contribution in [3.8, 4) is 17.1 Å². The molecule has 0 unspecified atom stereocenters. The van der Waals surface area contributed by atoms with Crippen LogP contribution < -0.4 is 5.32 Å². The van der Waals surface area contributed by atoms with Crippen LogP contribution in [0.5, 0.6) is 5.75 Å². The summed E-state index contributed by atoms with van der Waals surface area (Å²) in [4.78, 5) is 21.0. The Kier molecular flexibility index (Phi) is 6.14. The Bertz CT molecular complexity index is 1140. The van der Waals surface area contributed by atoms with E-state index in [9.17, 15) is 18.3 Å². The largest absolute Gasteiger partial charge is 0.508 e. The molecule has 0 saturated carbocycles. The number of rotatable bonds is 6. The Balaban J connectivity index is 1.72. The zero-order valence-electron chi connectivity index (χ0n) is 16.8. The van der Waals surface area contributed by atoms with Gasteiger partial charge in [0.15, 0.2) is 5.82 Å². The van der Waals surface area contributed by atoms with Gasteiger partial charge in [0.25, 0.3) is 5.91 Å². The van der Waals surface area contributed by atoms with Gasteiger partial charge in [0.2, 0.25) is 10.0 Å². The average Bonchev–Trinajstić information content (AvgIpc) is 2.73. The number of aromatic nitrogens is 2. The first kappa shape index (κ1) is 21.4. The van der Waals surface area contributed by atoms with Gasteiger partial charge in [-0.05, 0) is 50.2 Å². The van der Waals surface area contributed by atoms with E-state index in [1.165, 1.54) is 48.0 Å². The molecule has 2 N–H and O–H groups in total. The molecule has 0 saturated heterocycles. The molecule has 156 valence electrons. The monoisotopic (exact) mass is 426 g/mol. The van der Waals surface area contributed by atoms with E-state index in [-0.39, 0.29) is 16.7 Å². The number of phenolic OH excluding ortho intramolecular Hbond substituents is 1. The lowest BCUT2D eigenvalue weighted by Gasteiger charge is -2.21. The molecule has 9 heteroatoms. The quantitative estimate of drug-likeness (QED) is 0.626. The number of phenols is 1. The number of amides is 1. The number of nitrogens with zero attached hydrogens (tertiary/aromatic N) is 3. The van der Waals surface area contributed by atoms with Crippen molar-refractivity contribution in [1.29, 1.82) is 0 Å². The lowest BCUT2D eigenvalue weighted by molar-refractivity contribution is 0.102. The summed E-state index contributed by atoms with van der Waals surface area (Å²) in [5.74, 6) is 0.108. The fourth-order valence-corrected chi connectivity index (χ4v) is 3.98. The summed E-state index contributed by atoms with van der Waals surface area (Å²) in [7, 11) is -2.10. The summed E-state index contributed by atoms with van der Waals surface area (Å²) in [5, 5.41) is 12.2. The van der Waals surface area contributed by atoms with Crippen LogP contribution in [0.4, 0.5) is 5.69 Å². The second kappa shape index (κ2) is 8.60. The average molecular weight is 426 g/mol. The van der Waals surface area contributed by atoms with E-state index in [0.29, 0.717) is 22.6 Å². The maximum absolute atomic E-state index is 12.5. The SMILES string of the molecule is CC(C)N(C)S(=O)(=O)c1ccc(C(=O)Nc2cnc(-c3cccc(O)c3)nc2)cc1. The lowest BCUT2D eigenvalue weighted by Crippen LogP contribution is -2.33. The highest BCUT2D eigenvalue weighted by Crippen LogP contribution is 2.21. The van der Waals surface area contributed by atoms with Crippen molar-refractivity contribution in [3.63, 3.8) is 0 Å². The molecular weight excluding hydrogens is 404 g/mol. The topological polar surface area (TPSA) is 112 Å². The van der Waals surface area contributed by atoms with Gasteiger partial charge in [0.05, 0.1) is 23.0 Å². The number of anilines is 1. The smallest absolute Gasteiger partial charge is 0.255 e. The fourth-order valence-electron chi connectivity index (χ4n) is 2.61. The van der Waals surface area contributed by atoms with Crippen molar-refractivity contribution in [2.24, 2.45) is 0 Å². The first-order valence-corrected chi connectivity index (χ1v) is 10.6. The summed E-state index contributed by atoms with van der Waals surface area (Å²) >= 11 is 0. The second-order valence-electron chi connectivity index (χ2n) is 6.94. The van der Waals surface area contributed by atoms with Crippen molar-refractivity contribution < 1.29 is 18.3 Å². The number of sulfonamides is 1. The summed E-state index contributed by atoms with van der Waals surface area (Å²) in [5.41, 5.74) is 1.34. The molecular formula is C21H22N4O4S. The number of nitrogens with one attached hydrogen (secondary N) is 1. The Morgan fingerprint density at radius 1 is 1.07 bits per heavy atom. The molecule has 0 aliphatic rings. The maximum atomic E-state index is 12.5. The molecule has 0 radical (unpaired) electrons. The van der Waals surface area contributed by atoms with Crippen LogP contribution in [-0.4, -0.2) is 46.8 Å². The van der Waals surface area contributed by atoms with E-state index >= 15 is 0 Å². The maximum Gasteiger partial charge on any atom is 0.255 e. The Morgan fingerprint density at radius 2 is 1.70 bits per heavy atom. The van der Waals surface area contributed by atoms with Gasteiger partial charge >= 0.3 is 0 Å². The Labute approximate surface area is 175 Å². The number of carbonyl (C=O) groups is 1. The van der Waals surface area contributed by atoms with E-state index in [0.717, 1.165) is 0 Å². The predicted molar refractivity (Wildman–Crippen MR) is 114 cm³/mol. The summed E-state index contributed by atoms with van der Waals surface area (Å²) in [6, 6.07) is 12.1. The molecule has 1 heterocycles. The van der Waals surface area contributed by atoms with E-state index in [4.69, 9.17) is 0 Å². The molecule has 1 aromatic heterocycles. The summed E-state index contributed by atoms with van der Waals surface area (Å²) in [6.45, 7) is 3.57. The molecule has 0 atom stereocenters. The normalized spacial score (nSPS) is 11.6. The van der Waals surface area contributed by atoms with Crippen LogP contribution in [0.25, 0.3) is 11.4 Å². The van der Waals surface area contributed by atoms with Crippen molar-refractivity contribution in [3.05, 3.63) is 66.5 Å². The predicted octanol–water partition coefficient (Wildman–Crippen LogP) is 3.13. The fraction of sp³-hybridized carbons (Fsp3) is 0.190. The molecule has 0 spiro atoms. The van der Waals surface area contributed by atoms with Gasteiger partial charge in [-0.25, -0.2) is 18.4 Å². The molecule has 3 rings (SSSR count). The third-order valence-corrected chi connectivity index (χ3v) is 6.58. The third-order valence-electron chi connectivity index (χ3n) is 4.53. The van der Waals surface area contributed by atoms with Crippen LogP contribution in [0, 0.1) is 0 Å². The van der Waals surface area contributed by atoms with Crippen LogP contribution in [0.1, 0.15) is 24.2 Å². The van der Waals surface area contributed by atoms with Crippen molar-refractivity contribution in [2.45, 2.75) is 24.8 Å². The highest BCUT2D eigenvalue weighted by molar-refractivity contribution is 7.89. The highest BCUT2D eigenvalue weighted by atomic mass is 32.2. The molecule has 1 amide bonds. The van der Waals surface area contributed by atoms with Crippen molar-refractivity contribution in [2.75, 3.05) is 12.4 Å². The molecule has 0 aliphatic heterocycles. The molecule has 0 aliphatic carbocycles.